The molecule has 0 aliphatic carbocycles. The van der Waals surface area contributed by atoms with Crippen molar-refractivity contribution in [1.82, 2.24) is 31.9 Å². The Balaban J connectivity index is 3.44. The number of hydrogen-bond donors (Lipinski definition) is 15. The molecule has 0 aliphatic rings. The Morgan fingerprint density at radius 2 is 0.965 bits per heavy atom. The van der Waals surface area contributed by atoms with Crippen molar-refractivity contribution >= 4 is 117 Å². The molecule has 113 heavy (non-hydrogen) atoms. The van der Waals surface area contributed by atoms with Crippen molar-refractivity contribution in [3.05, 3.63) is 29.8 Å². The van der Waals surface area contributed by atoms with Crippen LogP contribution in [0.1, 0.15) is 239 Å². The quantitative estimate of drug-likeness (QED) is 0.0237. The molecule has 8 amide bonds. The molecular formula is C80H134N12O19S2. The Morgan fingerprint density at radius 3 is 1.49 bits per heavy atom. The molecule has 0 unspecified atom stereocenters. The van der Waals surface area contributed by atoms with Crippen LogP contribution in [0.2, 0.25) is 0 Å². The highest BCUT2D eigenvalue weighted by atomic mass is 32.2. The highest BCUT2D eigenvalue weighted by Crippen LogP contribution is 2.25. The summed E-state index contributed by atoms with van der Waals surface area (Å²) in [6.45, 7) is 7.16. The van der Waals surface area contributed by atoms with Gasteiger partial charge in [0.1, 0.15) is 17.6 Å². The third-order valence-electron chi connectivity index (χ3n) is 19.8. The summed E-state index contributed by atoms with van der Waals surface area (Å²) in [5.74, 6) is -18.6. The molecule has 0 aromatic heterocycles. The second-order valence-corrected chi connectivity index (χ2v) is 32.1. The number of thioether (sulfide) groups is 2. The van der Waals surface area contributed by atoms with Crippen molar-refractivity contribution in [3.63, 3.8) is 0 Å². The number of guanidine groups is 1. The van der Waals surface area contributed by atoms with Crippen molar-refractivity contribution in [2.75, 3.05) is 50.3 Å². The van der Waals surface area contributed by atoms with Crippen LogP contribution in [0.4, 0.5) is 0 Å². The van der Waals surface area contributed by atoms with E-state index >= 15 is 0 Å². The fourth-order valence-corrected chi connectivity index (χ4v) is 14.1. The average molecular weight is 1630 g/mol. The minimum atomic E-state index is -1.68. The molecule has 0 aliphatic heterocycles. The molecule has 1 aromatic rings. The molecular weight excluding hydrogens is 1500 g/mol. The number of nitrogens with two attached hydrogens (primary N) is 5. The lowest BCUT2D eigenvalue weighted by Gasteiger charge is -2.26. The summed E-state index contributed by atoms with van der Waals surface area (Å²) < 4.78 is 0. The van der Waals surface area contributed by atoms with E-state index in [0.717, 1.165) is 25.7 Å². The highest BCUT2D eigenvalue weighted by molar-refractivity contribution is 7.98. The first kappa shape index (κ1) is 103. The van der Waals surface area contributed by atoms with Crippen LogP contribution in [0, 0.1) is 41.4 Å². The highest BCUT2D eigenvalue weighted by Gasteiger charge is 2.38. The number of hydrogen-bond acceptors (Lipinski definition) is 22. The van der Waals surface area contributed by atoms with Crippen molar-refractivity contribution in [1.29, 1.82) is 0 Å². The van der Waals surface area contributed by atoms with E-state index in [4.69, 9.17) is 28.7 Å². The second-order valence-electron chi connectivity index (χ2n) is 30.2. The maximum Gasteiger partial charge on any atom is 0.305 e. The summed E-state index contributed by atoms with van der Waals surface area (Å²) in [6.07, 6.45) is 14.4. The molecule has 0 bridgehead atoms. The van der Waals surface area contributed by atoms with Gasteiger partial charge in [0, 0.05) is 81.6 Å². The number of unbranched alkanes of at least 4 members (excludes halogenated alkanes) is 13. The Hall–Kier alpha value is -7.88. The van der Waals surface area contributed by atoms with Crippen LogP contribution in [0.25, 0.3) is 0 Å². The fourth-order valence-electron chi connectivity index (χ4n) is 13.1. The minimum Gasteiger partial charge on any atom is -0.508 e. The molecule has 1 rings (SSSR count). The number of aliphatic carboxylic acids is 1. The Labute approximate surface area is 675 Å². The Morgan fingerprint density at radius 1 is 0.478 bits per heavy atom. The lowest BCUT2D eigenvalue weighted by molar-refractivity contribution is -0.141. The van der Waals surface area contributed by atoms with Crippen LogP contribution in [-0.4, -0.2) is 201 Å². The first-order chi connectivity index (χ1) is 53.6. The molecule has 33 heteroatoms. The summed E-state index contributed by atoms with van der Waals surface area (Å²) in [7, 11) is 0. The number of carboxylic acids is 1. The largest absolute Gasteiger partial charge is 0.508 e. The van der Waals surface area contributed by atoms with Crippen LogP contribution in [0.3, 0.4) is 0 Å². The standard InChI is InChI=1S/C80H134N12O19S2/c1-8-9-10-11-12-13-14-15-16-17-18-19-20-25-60(96)41-55(33-37-112-6)74(106)87-48-61(97)42-57(40-53-27-29-59(95)30-28-53)77(109)90-64(31-32-71(82)102)68(99)43-54(24-21-22-35-81)75(107)88-51(4)67(98)44-56(39-50(2)3)76(108)89-63(26-23-36-86-80(84)85)69(100)45-58(49-93)78(110)91-65(34-38-113-7)70(101)46-62(52(5)94)79(111)92-66(73(83)105)47-72(103)104/h27-30,50-52,54-58,62-66,93-95H,8-26,31-49,81H2,1-7H3,(H2,82,102)(H2,83,105)(H,87,106)(H,88,107)(H,89,108)(H,90,109)(H,91,110)(H,92,111)(H,103,104)(H4,84,85,86)/t51-,52+,54+,55+,56+,57+,58-,62-,63-,64-,65-,66-/m0/s1. The number of aliphatic imine (C=N–C) groups is 1. The summed E-state index contributed by atoms with van der Waals surface area (Å²) in [6, 6.07) is -1.23. The van der Waals surface area contributed by atoms with E-state index in [1.165, 1.54) is 107 Å². The van der Waals surface area contributed by atoms with Crippen molar-refractivity contribution < 1.29 is 92.3 Å². The Bertz CT molecular complexity index is 3180. The molecule has 0 fully saturated rings. The summed E-state index contributed by atoms with van der Waals surface area (Å²) in [4.78, 5) is 208. The number of aromatic hydroxyl groups is 1. The van der Waals surface area contributed by atoms with E-state index in [9.17, 15) is 92.3 Å². The molecule has 0 radical (unpaired) electrons. The predicted octanol–water partition coefficient (Wildman–Crippen LogP) is 4.76. The monoisotopic (exact) mass is 1630 g/mol. The van der Waals surface area contributed by atoms with E-state index in [1.807, 2.05) is 6.26 Å². The SMILES string of the molecule is CCCCCCCCCCCCCCCC(=O)C[C@@H](CCSC)C(=O)NCC(=O)C[C@@H](Cc1ccc(O)cc1)C(=O)N[C@@H](CCC(N)=O)C(=O)C[C@@H](CCCCN)C(=O)N[C@@H](C)C(=O)C[C@@H](CC(C)C)C(=O)N[C@@H](CCCN=C(N)N)C(=O)C[C@@H](CO)C(=O)N[C@@H](CCSC)C(=O)C[C@H](C(=O)N[C@@H](CC(=O)O)C(N)=O)[C@@H](C)O. The van der Waals surface area contributed by atoms with Crippen LogP contribution < -0.4 is 60.6 Å². The molecule has 0 saturated carbocycles. The van der Waals surface area contributed by atoms with Gasteiger partial charge in [-0.05, 0) is 132 Å². The average Bonchev–Trinajstić information content (AvgIpc) is 0.866. The van der Waals surface area contributed by atoms with Gasteiger partial charge >= 0.3 is 5.97 Å². The topological polar surface area (TPSA) is 552 Å². The van der Waals surface area contributed by atoms with Gasteiger partial charge in [-0.15, -0.1) is 0 Å². The normalized spacial score (nSPS) is 14.5. The Kier molecular flexibility index (Phi) is 54.5. The smallest absolute Gasteiger partial charge is 0.305 e. The molecule has 0 spiro atoms. The lowest BCUT2D eigenvalue weighted by atomic mass is 9.88. The number of ketones is 6. The van der Waals surface area contributed by atoms with Gasteiger partial charge in [-0.25, -0.2) is 0 Å². The molecule has 20 N–H and O–H groups in total. The number of nitrogens with zero attached hydrogens (tertiary/aromatic N) is 1. The number of phenolic OH excluding ortho intramolecular Hbond substituents is 1. The maximum absolute atomic E-state index is 14.6. The zero-order valence-corrected chi connectivity index (χ0v) is 69.4. The number of carbonyl (C=O) groups excluding carboxylic acids is 14. The predicted molar refractivity (Wildman–Crippen MR) is 436 cm³/mol. The number of aliphatic hydroxyl groups excluding tert-OH is 2. The second kappa shape index (κ2) is 59.8. The van der Waals surface area contributed by atoms with Gasteiger partial charge < -0.3 is 81.0 Å². The molecule has 0 heterocycles. The van der Waals surface area contributed by atoms with Crippen LogP contribution in [0.15, 0.2) is 29.3 Å². The molecule has 12 atom stereocenters. The van der Waals surface area contributed by atoms with E-state index in [-0.39, 0.29) is 100 Å². The van der Waals surface area contributed by atoms with E-state index in [0.29, 0.717) is 37.0 Å². The van der Waals surface area contributed by atoms with Gasteiger partial charge in [-0.2, -0.15) is 23.5 Å². The molecule has 31 nitrogen and oxygen atoms in total. The van der Waals surface area contributed by atoms with Gasteiger partial charge in [-0.1, -0.05) is 116 Å². The first-order valence-corrected chi connectivity index (χ1v) is 42.9. The van der Waals surface area contributed by atoms with Crippen molar-refractivity contribution in [2.24, 2.45) is 75.1 Å². The zero-order chi connectivity index (χ0) is 85.0. The van der Waals surface area contributed by atoms with Crippen LogP contribution in [0.5, 0.6) is 5.75 Å². The first-order valence-electron chi connectivity index (χ1n) is 40.1. The third-order valence-corrected chi connectivity index (χ3v) is 21.1. The molecule has 1 aromatic carbocycles. The van der Waals surface area contributed by atoms with Gasteiger partial charge in [0.15, 0.2) is 34.9 Å². The number of carbonyl (C=O) groups is 15. The molecule has 640 valence electrons. The number of aliphatic hydroxyl groups is 2. The lowest BCUT2D eigenvalue weighted by Crippen LogP contribution is -2.51. The van der Waals surface area contributed by atoms with E-state index in [2.05, 4.69) is 43.8 Å². The van der Waals surface area contributed by atoms with Gasteiger partial charge in [0.2, 0.25) is 47.3 Å². The van der Waals surface area contributed by atoms with Gasteiger partial charge in [-0.3, -0.25) is 76.9 Å². The van der Waals surface area contributed by atoms with Gasteiger partial charge in [0.05, 0.1) is 61.7 Å². The van der Waals surface area contributed by atoms with Crippen molar-refractivity contribution in [3.8, 4) is 5.75 Å². The summed E-state index contributed by atoms with van der Waals surface area (Å²) >= 11 is 2.82. The van der Waals surface area contributed by atoms with Gasteiger partial charge in [0.25, 0.3) is 0 Å². The van der Waals surface area contributed by atoms with Crippen molar-refractivity contribution in [2.45, 2.75) is 276 Å². The number of Topliss-reactive ketones (excluding diaryl/α,β-unsaturated/α-hetero) is 6. The maximum atomic E-state index is 14.6. The zero-order valence-electron chi connectivity index (χ0n) is 67.7. The third kappa shape index (κ3) is 46.3. The van der Waals surface area contributed by atoms with E-state index in [1.54, 1.807) is 32.2 Å². The number of primary amides is 2. The van der Waals surface area contributed by atoms with Crippen LogP contribution >= 0.6 is 23.5 Å². The summed E-state index contributed by atoms with van der Waals surface area (Å²) in [5, 5.41) is 55.9. The van der Waals surface area contributed by atoms with E-state index < -0.39 is 206 Å². The minimum absolute atomic E-state index is 0.00868. The number of nitrogens with one attached hydrogen (secondary N) is 6. The summed E-state index contributed by atoms with van der Waals surface area (Å²) in [5.41, 5.74) is 28.3. The number of amides is 8. The number of carboxylic acid groups (broad SMARTS) is 1. The fraction of sp³-hybridized carbons (Fsp3) is 0.725. The number of benzene rings is 1. The van der Waals surface area contributed by atoms with Crippen LogP contribution in [-0.2, 0) is 78.3 Å². The number of phenols is 1. The molecule has 0 saturated heterocycles. The number of rotatable bonds is 69.